The number of benzene rings is 1. The summed E-state index contributed by atoms with van der Waals surface area (Å²) in [7, 11) is -2.27. The van der Waals surface area contributed by atoms with Gasteiger partial charge in [-0.3, -0.25) is 4.90 Å². The van der Waals surface area contributed by atoms with Gasteiger partial charge in [-0.1, -0.05) is 23.2 Å². The van der Waals surface area contributed by atoms with Crippen molar-refractivity contribution in [3.05, 3.63) is 28.2 Å². The molecule has 1 unspecified atom stereocenters. The Balaban J connectivity index is 2.27. The van der Waals surface area contributed by atoms with Gasteiger partial charge in [0.05, 0.1) is 14.9 Å². The van der Waals surface area contributed by atoms with Crippen LogP contribution in [0.15, 0.2) is 23.1 Å². The van der Waals surface area contributed by atoms with E-state index in [4.69, 9.17) is 27.9 Å². The topological polar surface area (TPSA) is 66.9 Å². The van der Waals surface area contributed by atoms with E-state index in [-0.39, 0.29) is 14.9 Å². The van der Waals surface area contributed by atoms with Gasteiger partial charge in [-0.15, -0.1) is 0 Å². The van der Waals surface area contributed by atoms with Crippen molar-refractivity contribution in [2.45, 2.75) is 50.3 Å². The first kappa shape index (κ1) is 20.3. The molecule has 1 aliphatic heterocycles. The molecular formula is C16H22Cl2N2O4S. The molecule has 0 radical (unpaired) electrons. The van der Waals surface area contributed by atoms with Gasteiger partial charge in [0.2, 0.25) is 10.0 Å². The molecule has 0 saturated carbocycles. The molecule has 0 spiro atoms. The van der Waals surface area contributed by atoms with Crippen molar-refractivity contribution in [2.24, 2.45) is 0 Å². The Kier molecular flexibility index (Phi) is 5.93. The molecule has 6 nitrogen and oxygen atoms in total. The molecule has 1 atom stereocenters. The van der Waals surface area contributed by atoms with Crippen molar-refractivity contribution in [3.63, 3.8) is 0 Å². The minimum atomic E-state index is -3.81. The highest BCUT2D eigenvalue weighted by atomic mass is 35.5. The van der Waals surface area contributed by atoms with Crippen LogP contribution in [-0.2, 0) is 14.8 Å². The van der Waals surface area contributed by atoms with Gasteiger partial charge in [-0.2, -0.15) is 4.31 Å². The number of sulfonamides is 1. The number of halogens is 2. The highest BCUT2D eigenvalue weighted by Gasteiger charge is 2.40. The molecule has 1 fully saturated rings. The van der Waals surface area contributed by atoms with Crippen molar-refractivity contribution in [1.29, 1.82) is 0 Å². The van der Waals surface area contributed by atoms with Gasteiger partial charge in [-0.25, -0.2) is 13.2 Å². The van der Waals surface area contributed by atoms with Crippen LogP contribution in [0.2, 0.25) is 10.0 Å². The number of ether oxygens (including phenoxy) is 1. The SMILES string of the molecule is CN(C(=O)OC(C)(C)C)C1CCCN1S(=O)(=O)c1ccc(Cl)c(Cl)c1. The minimum absolute atomic E-state index is 0.0476. The summed E-state index contributed by atoms with van der Waals surface area (Å²) in [4.78, 5) is 13.7. The van der Waals surface area contributed by atoms with Gasteiger partial charge >= 0.3 is 6.09 Å². The lowest BCUT2D eigenvalue weighted by molar-refractivity contribution is 0.0144. The Morgan fingerprint density at radius 2 is 1.92 bits per heavy atom. The van der Waals surface area contributed by atoms with Crippen LogP contribution in [0.3, 0.4) is 0 Å². The van der Waals surface area contributed by atoms with Crippen LogP contribution in [0.25, 0.3) is 0 Å². The molecule has 1 aromatic carbocycles. The van der Waals surface area contributed by atoms with E-state index >= 15 is 0 Å². The quantitative estimate of drug-likeness (QED) is 0.758. The van der Waals surface area contributed by atoms with Crippen molar-refractivity contribution < 1.29 is 17.9 Å². The fourth-order valence-electron chi connectivity index (χ4n) is 2.62. The largest absolute Gasteiger partial charge is 0.444 e. The summed E-state index contributed by atoms with van der Waals surface area (Å²) in [6.45, 7) is 5.60. The number of hydrogen-bond acceptors (Lipinski definition) is 4. The molecule has 1 heterocycles. The van der Waals surface area contributed by atoms with Crippen LogP contribution in [0.5, 0.6) is 0 Å². The van der Waals surface area contributed by atoms with Crippen molar-refractivity contribution in [2.75, 3.05) is 13.6 Å². The number of carbonyl (C=O) groups excluding carboxylic acids is 1. The molecule has 0 aromatic heterocycles. The number of hydrogen-bond donors (Lipinski definition) is 0. The molecule has 1 aliphatic rings. The lowest BCUT2D eigenvalue weighted by Gasteiger charge is -2.33. The second kappa shape index (κ2) is 7.31. The molecule has 140 valence electrons. The normalized spacial score (nSPS) is 19.0. The first-order valence-electron chi connectivity index (χ1n) is 7.86. The fraction of sp³-hybridized carbons (Fsp3) is 0.562. The zero-order valence-corrected chi connectivity index (χ0v) is 17.0. The van der Waals surface area contributed by atoms with Crippen LogP contribution in [-0.4, -0.2) is 49.1 Å². The number of amides is 1. The molecule has 0 N–H and O–H groups in total. The lowest BCUT2D eigenvalue weighted by atomic mass is 10.2. The highest BCUT2D eigenvalue weighted by molar-refractivity contribution is 7.89. The van der Waals surface area contributed by atoms with E-state index in [1.54, 1.807) is 27.8 Å². The fourth-order valence-corrected chi connectivity index (χ4v) is 4.70. The number of rotatable bonds is 3. The van der Waals surface area contributed by atoms with Gasteiger partial charge < -0.3 is 4.74 Å². The van der Waals surface area contributed by atoms with Gasteiger partial charge in [0.15, 0.2) is 0 Å². The Labute approximate surface area is 158 Å². The summed E-state index contributed by atoms with van der Waals surface area (Å²) in [5.41, 5.74) is -0.655. The Morgan fingerprint density at radius 1 is 1.28 bits per heavy atom. The van der Waals surface area contributed by atoms with E-state index < -0.39 is 27.9 Å². The smallest absolute Gasteiger partial charge is 0.411 e. The van der Waals surface area contributed by atoms with Crippen LogP contribution >= 0.6 is 23.2 Å². The highest BCUT2D eigenvalue weighted by Crippen LogP contribution is 2.31. The van der Waals surface area contributed by atoms with Crippen LogP contribution in [0.1, 0.15) is 33.6 Å². The van der Waals surface area contributed by atoms with E-state index in [0.29, 0.717) is 19.4 Å². The molecular weight excluding hydrogens is 387 g/mol. The second-order valence-electron chi connectivity index (χ2n) is 6.91. The minimum Gasteiger partial charge on any atom is -0.444 e. The van der Waals surface area contributed by atoms with Gasteiger partial charge in [0.1, 0.15) is 11.8 Å². The first-order valence-corrected chi connectivity index (χ1v) is 10.1. The second-order valence-corrected chi connectivity index (χ2v) is 9.61. The van der Waals surface area contributed by atoms with Gasteiger partial charge in [0.25, 0.3) is 0 Å². The summed E-state index contributed by atoms with van der Waals surface area (Å²) in [6.07, 6.45) is 0.0253. The number of nitrogens with zero attached hydrogens (tertiary/aromatic N) is 2. The molecule has 0 aliphatic carbocycles. The average molecular weight is 409 g/mol. The maximum Gasteiger partial charge on any atom is 0.411 e. The van der Waals surface area contributed by atoms with E-state index in [1.165, 1.54) is 27.4 Å². The van der Waals surface area contributed by atoms with Crippen molar-refractivity contribution in [3.8, 4) is 0 Å². The average Bonchev–Trinajstić information content (AvgIpc) is 2.97. The molecule has 0 bridgehead atoms. The molecule has 25 heavy (non-hydrogen) atoms. The van der Waals surface area contributed by atoms with E-state index in [1.807, 2.05) is 0 Å². The Hall–Kier alpha value is -1.02. The number of carbonyl (C=O) groups is 1. The Bertz CT molecular complexity index is 762. The third-order valence-corrected chi connectivity index (χ3v) is 6.43. The maximum atomic E-state index is 13.0. The zero-order chi connectivity index (χ0) is 19.0. The van der Waals surface area contributed by atoms with Gasteiger partial charge in [-0.05, 0) is 51.8 Å². The third kappa shape index (κ3) is 4.58. The maximum absolute atomic E-state index is 13.0. The Morgan fingerprint density at radius 3 is 2.48 bits per heavy atom. The monoisotopic (exact) mass is 408 g/mol. The molecule has 1 amide bonds. The molecule has 1 saturated heterocycles. The predicted octanol–water partition coefficient (Wildman–Crippen LogP) is 3.97. The molecule has 1 aromatic rings. The zero-order valence-electron chi connectivity index (χ0n) is 14.6. The van der Waals surface area contributed by atoms with E-state index in [2.05, 4.69) is 0 Å². The summed E-state index contributed by atoms with van der Waals surface area (Å²) in [6, 6.07) is 4.17. The summed E-state index contributed by atoms with van der Waals surface area (Å²) >= 11 is 11.8. The summed E-state index contributed by atoms with van der Waals surface area (Å²) in [5, 5.41) is 0.448. The van der Waals surface area contributed by atoms with E-state index in [0.717, 1.165) is 0 Å². The molecule has 2 rings (SSSR count). The van der Waals surface area contributed by atoms with Crippen LogP contribution in [0.4, 0.5) is 4.79 Å². The van der Waals surface area contributed by atoms with Gasteiger partial charge in [0, 0.05) is 13.6 Å². The predicted molar refractivity (Wildman–Crippen MR) is 97.4 cm³/mol. The summed E-state index contributed by atoms with van der Waals surface area (Å²) in [5.74, 6) is 0. The van der Waals surface area contributed by atoms with Crippen LogP contribution in [0, 0.1) is 0 Å². The summed E-state index contributed by atoms with van der Waals surface area (Å²) < 4.78 is 32.6. The van der Waals surface area contributed by atoms with E-state index in [9.17, 15) is 13.2 Å². The molecule has 9 heteroatoms. The first-order chi connectivity index (χ1) is 11.4. The van der Waals surface area contributed by atoms with Crippen molar-refractivity contribution in [1.82, 2.24) is 9.21 Å². The van der Waals surface area contributed by atoms with Crippen LogP contribution < -0.4 is 0 Å². The van der Waals surface area contributed by atoms with Crippen molar-refractivity contribution >= 4 is 39.3 Å². The standard InChI is InChI=1S/C16H22Cl2N2O4S/c1-16(2,3)24-15(21)19(4)14-6-5-9-20(14)25(22,23)11-7-8-12(17)13(18)10-11/h7-8,10,14H,5-6,9H2,1-4H3. The third-order valence-electron chi connectivity index (χ3n) is 3.80. The lowest BCUT2D eigenvalue weighted by Crippen LogP contribution is -2.49.